The second kappa shape index (κ2) is 4.54. The fraction of sp³-hybridized carbons (Fsp3) is 0.647. The molecule has 0 aromatic carbocycles. The SMILES string of the molecule is CC1(C)CC2(CCC(c3n[nH]c4cccnc34)CC2)CO1. The Kier molecular flexibility index (Phi) is 2.86. The Morgan fingerprint density at radius 3 is 2.81 bits per heavy atom. The van der Waals surface area contributed by atoms with E-state index in [1.165, 1.54) is 37.8 Å². The van der Waals surface area contributed by atoms with E-state index in [0.717, 1.165) is 17.6 Å². The highest BCUT2D eigenvalue weighted by Gasteiger charge is 2.46. The summed E-state index contributed by atoms with van der Waals surface area (Å²) in [4.78, 5) is 4.51. The third-order valence-electron chi connectivity index (χ3n) is 5.35. The Morgan fingerprint density at radius 2 is 2.10 bits per heavy atom. The number of pyridine rings is 1. The number of nitrogens with one attached hydrogen (secondary N) is 1. The minimum atomic E-state index is 0.0629. The summed E-state index contributed by atoms with van der Waals surface area (Å²) in [5, 5.41) is 7.67. The van der Waals surface area contributed by atoms with Crippen LogP contribution >= 0.6 is 0 Å². The number of hydrogen-bond acceptors (Lipinski definition) is 3. The molecule has 0 radical (unpaired) electrons. The second-order valence-electron chi connectivity index (χ2n) is 7.51. The Labute approximate surface area is 125 Å². The highest BCUT2D eigenvalue weighted by Crippen LogP contribution is 2.51. The van der Waals surface area contributed by atoms with Gasteiger partial charge in [-0.05, 0) is 63.5 Å². The Balaban J connectivity index is 1.53. The lowest BCUT2D eigenvalue weighted by atomic mass is 9.67. The summed E-state index contributed by atoms with van der Waals surface area (Å²) in [5.41, 5.74) is 3.76. The lowest BCUT2D eigenvalue weighted by Crippen LogP contribution is -2.28. The predicted molar refractivity (Wildman–Crippen MR) is 82.2 cm³/mol. The lowest BCUT2D eigenvalue weighted by Gasteiger charge is -2.36. The predicted octanol–water partition coefficient (Wildman–Crippen LogP) is 3.80. The average molecular weight is 285 g/mol. The number of aromatic nitrogens is 3. The van der Waals surface area contributed by atoms with Gasteiger partial charge in [-0.3, -0.25) is 10.1 Å². The van der Waals surface area contributed by atoms with Crippen LogP contribution in [0.3, 0.4) is 0 Å². The molecule has 2 fully saturated rings. The van der Waals surface area contributed by atoms with Crippen LogP contribution < -0.4 is 0 Å². The van der Waals surface area contributed by atoms with Crippen molar-refractivity contribution in [1.82, 2.24) is 15.2 Å². The number of ether oxygens (including phenoxy) is 1. The van der Waals surface area contributed by atoms with E-state index in [9.17, 15) is 0 Å². The van der Waals surface area contributed by atoms with Gasteiger partial charge in [-0.1, -0.05) is 0 Å². The van der Waals surface area contributed by atoms with Crippen molar-refractivity contribution in [3.05, 3.63) is 24.0 Å². The zero-order valence-electron chi connectivity index (χ0n) is 12.9. The molecule has 0 atom stereocenters. The Morgan fingerprint density at radius 1 is 1.29 bits per heavy atom. The maximum atomic E-state index is 6.00. The van der Waals surface area contributed by atoms with Gasteiger partial charge in [0.1, 0.15) is 5.52 Å². The van der Waals surface area contributed by atoms with Crippen molar-refractivity contribution in [2.75, 3.05) is 6.61 Å². The van der Waals surface area contributed by atoms with Crippen molar-refractivity contribution in [2.24, 2.45) is 5.41 Å². The third-order valence-corrected chi connectivity index (χ3v) is 5.35. The van der Waals surface area contributed by atoms with Crippen LogP contribution in [0.5, 0.6) is 0 Å². The van der Waals surface area contributed by atoms with Crippen LogP contribution in [0.4, 0.5) is 0 Å². The van der Waals surface area contributed by atoms with Crippen LogP contribution in [0, 0.1) is 5.41 Å². The molecule has 4 heteroatoms. The summed E-state index contributed by atoms with van der Waals surface area (Å²) in [6, 6.07) is 4.01. The van der Waals surface area contributed by atoms with E-state index >= 15 is 0 Å². The molecule has 2 aliphatic rings. The summed E-state index contributed by atoms with van der Waals surface area (Å²) in [6.45, 7) is 5.38. The topological polar surface area (TPSA) is 50.8 Å². The molecule has 3 heterocycles. The molecule has 112 valence electrons. The van der Waals surface area contributed by atoms with Gasteiger partial charge in [0.2, 0.25) is 0 Å². The molecule has 2 aromatic rings. The molecule has 1 aliphatic heterocycles. The molecule has 0 bridgehead atoms. The quantitative estimate of drug-likeness (QED) is 0.867. The van der Waals surface area contributed by atoms with E-state index in [2.05, 4.69) is 35.1 Å². The highest BCUT2D eigenvalue weighted by atomic mass is 16.5. The number of rotatable bonds is 1. The van der Waals surface area contributed by atoms with E-state index < -0.39 is 0 Å². The first kappa shape index (κ1) is 13.3. The number of aromatic amines is 1. The molecule has 1 N–H and O–H groups in total. The molecule has 4 rings (SSSR count). The largest absolute Gasteiger partial charge is 0.375 e. The van der Waals surface area contributed by atoms with Gasteiger partial charge in [-0.2, -0.15) is 5.10 Å². The van der Waals surface area contributed by atoms with Crippen molar-refractivity contribution in [3.63, 3.8) is 0 Å². The standard InChI is InChI=1S/C17H23N3O/c1-16(2)10-17(11-21-16)7-5-12(6-8-17)14-15-13(19-20-14)4-3-9-18-15/h3-4,9,12H,5-8,10-11H2,1-2H3,(H,19,20). The van der Waals surface area contributed by atoms with E-state index in [1.54, 1.807) is 0 Å². The molecule has 1 saturated carbocycles. The van der Waals surface area contributed by atoms with Crippen molar-refractivity contribution >= 4 is 11.0 Å². The summed E-state index contributed by atoms with van der Waals surface area (Å²) in [7, 11) is 0. The lowest BCUT2D eigenvalue weighted by molar-refractivity contribution is 0.0280. The van der Waals surface area contributed by atoms with Crippen LogP contribution in [0.1, 0.15) is 57.6 Å². The van der Waals surface area contributed by atoms with Gasteiger partial charge in [0.05, 0.1) is 23.4 Å². The fourth-order valence-electron chi connectivity index (χ4n) is 4.34. The second-order valence-corrected chi connectivity index (χ2v) is 7.51. The monoisotopic (exact) mass is 285 g/mol. The normalized spacial score (nSPS) is 32.0. The molecular formula is C17H23N3O. The molecule has 1 aliphatic carbocycles. The van der Waals surface area contributed by atoms with Crippen LogP contribution in [-0.4, -0.2) is 27.4 Å². The van der Waals surface area contributed by atoms with Crippen molar-refractivity contribution < 1.29 is 4.74 Å². The average Bonchev–Trinajstić information content (AvgIpc) is 3.02. The number of fused-ring (bicyclic) bond motifs is 1. The minimum Gasteiger partial charge on any atom is -0.375 e. The summed E-state index contributed by atoms with van der Waals surface area (Å²) >= 11 is 0. The van der Waals surface area contributed by atoms with Gasteiger partial charge in [-0.15, -0.1) is 0 Å². The van der Waals surface area contributed by atoms with Crippen LogP contribution in [0.15, 0.2) is 18.3 Å². The third kappa shape index (κ3) is 2.26. The molecule has 0 unspecified atom stereocenters. The Bertz CT molecular complexity index is 653. The van der Waals surface area contributed by atoms with E-state index in [-0.39, 0.29) is 5.60 Å². The van der Waals surface area contributed by atoms with Gasteiger partial charge in [0, 0.05) is 12.1 Å². The molecule has 4 nitrogen and oxygen atoms in total. The molecule has 21 heavy (non-hydrogen) atoms. The smallest absolute Gasteiger partial charge is 0.111 e. The maximum absolute atomic E-state index is 6.00. The maximum Gasteiger partial charge on any atom is 0.111 e. The van der Waals surface area contributed by atoms with Gasteiger partial charge < -0.3 is 4.74 Å². The first-order valence-corrected chi connectivity index (χ1v) is 8.00. The number of hydrogen-bond donors (Lipinski definition) is 1. The van der Waals surface area contributed by atoms with Crippen molar-refractivity contribution in [1.29, 1.82) is 0 Å². The van der Waals surface area contributed by atoms with Gasteiger partial charge in [0.15, 0.2) is 0 Å². The summed E-state index contributed by atoms with van der Waals surface area (Å²) in [6.07, 6.45) is 7.97. The molecule has 1 saturated heterocycles. The van der Waals surface area contributed by atoms with E-state index in [1.807, 2.05) is 12.3 Å². The summed E-state index contributed by atoms with van der Waals surface area (Å²) < 4.78 is 6.00. The van der Waals surface area contributed by atoms with Crippen LogP contribution in [0.2, 0.25) is 0 Å². The number of nitrogens with zero attached hydrogens (tertiary/aromatic N) is 2. The Hall–Kier alpha value is -1.42. The highest BCUT2D eigenvalue weighted by molar-refractivity contribution is 5.76. The zero-order chi connectivity index (χ0) is 14.5. The molecule has 1 spiro atoms. The molecule has 0 amide bonds. The minimum absolute atomic E-state index is 0.0629. The fourth-order valence-corrected chi connectivity index (χ4v) is 4.34. The van der Waals surface area contributed by atoms with Gasteiger partial charge in [-0.25, -0.2) is 0 Å². The van der Waals surface area contributed by atoms with Crippen LogP contribution in [0.25, 0.3) is 11.0 Å². The van der Waals surface area contributed by atoms with E-state index in [0.29, 0.717) is 11.3 Å². The van der Waals surface area contributed by atoms with E-state index in [4.69, 9.17) is 4.74 Å². The zero-order valence-corrected chi connectivity index (χ0v) is 12.9. The summed E-state index contributed by atoms with van der Waals surface area (Å²) in [5.74, 6) is 0.544. The first-order valence-electron chi connectivity index (χ1n) is 8.00. The molecular weight excluding hydrogens is 262 g/mol. The van der Waals surface area contributed by atoms with Gasteiger partial charge in [0.25, 0.3) is 0 Å². The number of H-pyrrole nitrogens is 1. The molecule has 2 aromatic heterocycles. The van der Waals surface area contributed by atoms with Crippen LogP contribution in [-0.2, 0) is 4.74 Å². The van der Waals surface area contributed by atoms with Gasteiger partial charge >= 0.3 is 0 Å². The van der Waals surface area contributed by atoms with Crippen molar-refractivity contribution in [3.8, 4) is 0 Å². The first-order chi connectivity index (χ1) is 10.1. The van der Waals surface area contributed by atoms with Crippen molar-refractivity contribution in [2.45, 2.75) is 57.5 Å².